The molecule has 1 amide bonds. The Kier molecular flexibility index (Phi) is 7.85. The molecule has 1 saturated carbocycles. The predicted octanol–water partition coefficient (Wildman–Crippen LogP) is 7.34. The molecule has 2 aromatic carbocycles. The van der Waals surface area contributed by atoms with Gasteiger partial charge in [0, 0.05) is 48.5 Å². The van der Waals surface area contributed by atoms with Gasteiger partial charge in [0.15, 0.2) is 0 Å². The fourth-order valence-electron chi connectivity index (χ4n) is 5.37. The molecule has 1 saturated heterocycles. The Hall–Kier alpha value is -3.83. The largest absolute Gasteiger partial charge is 0.444 e. The smallest absolute Gasteiger partial charge is 0.410 e. The normalized spacial score (nSPS) is 16.2. The zero-order valence-electron chi connectivity index (χ0n) is 25.0. The van der Waals surface area contributed by atoms with Gasteiger partial charge in [0.25, 0.3) is 5.54 Å². The fourth-order valence-corrected chi connectivity index (χ4v) is 5.37. The van der Waals surface area contributed by atoms with Crippen LogP contribution in [0.2, 0.25) is 0 Å². The second kappa shape index (κ2) is 11.2. The number of carbonyl (C=O) groups excluding carboxylic acids is 1. The van der Waals surface area contributed by atoms with Gasteiger partial charge in [-0.25, -0.2) is 11.4 Å². The number of rotatable bonds is 9. The Morgan fingerprint density at radius 1 is 1.15 bits per heavy atom. The van der Waals surface area contributed by atoms with E-state index >= 15 is 0 Å². The third kappa shape index (κ3) is 6.25. The number of hydrogen-bond acceptors (Lipinski definition) is 6. The molecule has 41 heavy (non-hydrogen) atoms. The number of anilines is 2. The number of benzene rings is 2. The average Bonchev–Trinajstić information content (AvgIpc) is 3.63. The van der Waals surface area contributed by atoms with E-state index < -0.39 is 5.60 Å². The highest BCUT2D eigenvalue weighted by Crippen LogP contribution is 2.50. The van der Waals surface area contributed by atoms with Crippen LogP contribution in [0.25, 0.3) is 16.0 Å². The summed E-state index contributed by atoms with van der Waals surface area (Å²) in [6.07, 6.45) is 2.42. The zero-order valence-corrected chi connectivity index (χ0v) is 25.0. The highest BCUT2D eigenvalue weighted by atomic mass is 16.6. The molecule has 8 nitrogen and oxygen atoms in total. The van der Waals surface area contributed by atoms with Crippen LogP contribution in [-0.2, 0) is 15.0 Å². The molecule has 1 aliphatic carbocycles. The van der Waals surface area contributed by atoms with Crippen molar-refractivity contribution in [3.05, 3.63) is 76.5 Å². The van der Waals surface area contributed by atoms with E-state index in [1.54, 1.807) is 4.90 Å². The van der Waals surface area contributed by atoms with Gasteiger partial charge in [0.1, 0.15) is 11.4 Å². The van der Waals surface area contributed by atoms with Gasteiger partial charge in [-0.15, -0.1) is 0 Å². The minimum absolute atomic E-state index is 0.0308. The molecule has 0 unspecified atom stereocenters. The summed E-state index contributed by atoms with van der Waals surface area (Å²) in [6, 6.07) is 15.0. The number of hydrogen-bond donors (Lipinski definition) is 0. The first-order chi connectivity index (χ1) is 19.5. The van der Waals surface area contributed by atoms with E-state index in [0.717, 1.165) is 70.9 Å². The first-order valence-electron chi connectivity index (χ1n) is 14.4. The molecule has 1 aromatic heterocycles. The summed E-state index contributed by atoms with van der Waals surface area (Å²) in [5.41, 5.74) is 6.59. The SMILES string of the molecule is [C-]#[N+]C1(c2ccc(N(CCCOC3CN(C(=O)OC(C)(C)C)C3)c3cc(-c4c(C)noc4C)ccc3C)cc2)CC1. The van der Waals surface area contributed by atoms with E-state index in [1.165, 1.54) is 0 Å². The average molecular weight is 557 g/mol. The molecule has 0 N–H and O–H groups in total. The third-order valence-electron chi connectivity index (χ3n) is 7.86. The van der Waals surface area contributed by atoms with E-state index in [4.69, 9.17) is 20.6 Å². The molecule has 8 heteroatoms. The minimum atomic E-state index is -0.499. The molecule has 2 aliphatic rings. The van der Waals surface area contributed by atoms with Crippen LogP contribution in [0.1, 0.15) is 62.6 Å². The second-order valence-corrected chi connectivity index (χ2v) is 12.3. The Morgan fingerprint density at radius 3 is 2.44 bits per heavy atom. The van der Waals surface area contributed by atoms with Crippen LogP contribution in [0.4, 0.5) is 16.2 Å². The topological polar surface area (TPSA) is 72.4 Å². The summed E-state index contributed by atoms with van der Waals surface area (Å²) in [5.74, 6) is 0.802. The van der Waals surface area contributed by atoms with Crippen LogP contribution in [0.15, 0.2) is 47.0 Å². The van der Waals surface area contributed by atoms with E-state index in [-0.39, 0.29) is 17.7 Å². The van der Waals surface area contributed by atoms with Gasteiger partial charge in [0.05, 0.1) is 24.9 Å². The number of carbonyl (C=O) groups is 1. The lowest BCUT2D eigenvalue weighted by molar-refractivity contribution is -0.0630. The van der Waals surface area contributed by atoms with Crippen LogP contribution >= 0.6 is 0 Å². The molecule has 0 bridgehead atoms. The van der Waals surface area contributed by atoms with Crippen molar-refractivity contribution in [2.24, 2.45) is 0 Å². The number of aryl methyl sites for hydroxylation is 3. The number of amides is 1. The standard InChI is InChI=1S/C33H40N4O4/c1-22-9-10-25(30-23(2)35-41-24(30)3)19-29(22)37(27-13-11-26(12-14-27)33(34-7)15-16-33)17-8-18-39-28-20-36(21-28)31(38)40-32(4,5)6/h9-14,19,28H,8,15-18,20-21H2,1-6H3. The summed E-state index contributed by atoms with van der Waals surface area (Å²) < 4.78 is 17.0. The summed E-state index contributed by atoms with van der Waals surface area (Å²) >= 11 is 0. The van der Waals surface area contributed by atoms with Crippen molar-refractivity contribution in [1.82, 2.24) is 10.1 Å². The van der Waals surface area contributed by atoms with Crippen molar-refractivity contribution >= 4 is 17.5 Å². The van der Waals surface area contributed by atoms with Gasteiger partial charge in [-0.05, 0) is 89.4 Å². The van der Waals surface area contributed by atoms with Gasteiger partial charge in [-0.2, -0.15) is 0 Å². The maximum absolute atomic E-state index is 12.2. The molecule has 2 heterocycles. The van der Waals surface area contributed by atoms with Gasteiger partial charge in [0.2, 0.25) is 0 Å². The lowest BCUT2D eigenvalue weighted by Gasteiger charge is -2.39. The summed E-state index contributed by atoms with van der Waals surface area (Å²) in [6.45, 7) is 21.7. The minimum Gasteiger partial charge on any atom is -0.444 e. The van der Waals surface area contributed by atoms with E-state index in [2.05, 4.69) is 64.3 Å². The Balaban J connectivity index is 1.30. The van der Waals surface area contributed by atoms with Crippen LogP contribution < -0.4 is 4.90 Å². The highest BCUT2D eigenvalue weighted by molar-refractivity contribution is 5.76. The molecule has 5 rings (SSSR count). The number of likely N-dealkylation sites (tertiary alicyclic amines) is 1. The first-order valence-corrected chi connectivity index (χ1v) is 14.4. The van der Waals surface area contributed by atoms with Crippen molar-refractivity contribution in [3.63, 3.8) is 0 Å². The lowest BCUT2D eigenvalue weighted by Crippen LogP contribution is -2.56. The van der Waals surface area contributed by atoms with Gasteiger partial charge >= 0.3 is 6.09 Å². The Labute approximate surface area is 243 Å². The van der Waals surface area contributed by atoms with Crippen LogP contribution in [-0.4, -0.2) is 54.1 Å². The molecule has 0 atom stereocenters. The van der Waals surface area contributed by atoms with E-state index in [0.29, 0.717) is 19.7 Å². The third-order valence-corrected chi connectivity index (χ3v) is 7.86. The van der Waals surface area contributed by atoms with E-state index in [1.807, 2.05) is 34.6 Å². The molecule has 1 aliphatic heterocycles. The summed E-state index contributed by atoms with van der Waals surface area (Å²) in [7, 11) is 0. The van der Waals surface area contributed by atoms with Crippen molar-refractivity contribution in [1.29, 1.82) is 0 Å². The maximum Gasteiger partial charge on any atom is 0.410 e. The van der Waals surface area contributed by atoms with Crippen LogP contribution in [0.5, 0.6) is 0 Å². The highest BCUT2D eigenvalue weighted by Gasteiger charge is 2.52. The molecule has 0 radical (unpaired) electrons. The lowest BCUT2D eigenvalue weighted by atomic mass is 10.00. The van der Waals surface area contributed by atoms with Gasteiger partial charge in [-0.1, -0.05) is 17.3 Å². The maximum atomic E-state index is 12.2. The van der Waals surface area contributed by atoms with Crippen LogP contribution in [0.3, 0.4) is 0 Å². The quantitative estimate of drug-likeness (QED) is 0.203. The van der Waals surface area contributed by atoms with Crippen molar-refractivity contribution in [2.45, 2.75) is 78.0 Å². The first kappa shape index (κ1) is 28.7. The summed E-state index contributed by atoms with van der Waals surface area (Å²) in [4.78, 5) is 20.1. The van der Waals surface area contributed by atoms with Gasteiger partial charge < -0.3 is 28.6 Å². The molecule has 3 aromatic rings. The Morgan fingerprint density at radius 2 is 1.85 bits per heavy atom. The Bertz CT molecular complexity index is 1420. The van der Waals surface area contributed by atoms with Crippen molar-refractivity contribution < 1.29 is 18.8 Å². The summed E-state index contributed by atoms with van der Waals surface area (Å²) in [5, 5.41) is 4.16. The molecule has 2 fully saturated rings. The number of ether oxygens (including phenoxy) is 2. The number of aromatic nitrogens is 1. The van der Waals surface area contributed by atoms with E-state index in [9.17, 15) is 4.79 Å². The zero-order chi connectivity index (χ0) is 29.4. The van der Waals surface area contributed by atoms with Crippen molar-refractivity contribution in [3.8, 4) is 11.1 Å². The van der Waals surface area contributed by atoms with Gasteiger partial charge in [-0.3, -0.25) is 0 Å². The van der Waals surface area contributed by atoms with Crippen molar-refractivity contribution in [2.75, 3.05) is 31.1 Å². The number of nitrogens with zero attached hydrogens (tertiary/aromatic N) is 4. The molecule has 216 valence electrons. The fraction of sp³-hybridized carbons (Fsp3) is 0.485. The molecular weight excluding hydrogens is 516 g/mol. The second-order valence-electron chi connectivity index (χ2n) is 12.3. The molecule has 0 spiro atoms. The predicted molar refractivity (Wildman–Crippen MR) is 159 cm³/mol. The molecular formula is C33H40N4O4. The van der Waals surface area contributed by atoms with Crippen LogP contribution in [0, 0.1) is 27.3 Å². The monoisotopic (exact) mass is 556 g/mol.